The van der Waals surface area contributed by atoms with Crippen LogP contribution in [0.25, 0.3) is 22.1 Å². The van der Waals surface area contributed by atoms with Gasteiger partial charge in [0.1, 0.15) is 17.4 Å². The standard InChI is InChI=1S/C18H16N4O/c1-12-14-6-4-8-21(14)9-10-22(12)18-17-16(19-11-20-18)13-5-2-3-7-15(13)23-17/h2-8,11-12H,9-10H2,1H3/t12-/m1/s1. The quantitative estimate of drug-likeness (QED) is 0.537. The van der Waals surface area contributed by atoms with E-state index >= 15 is 0 Å². The van der Waals surface area contributed by atoms with Gasteiger partial charge >= 0.3 is 0 Å². The van der Waals surface area contributed by atoms with Crippen LogP contribution in [0, 0.1) is 0 Å². The Morgan fingerprint density at radius 2 is 2.00 bits per heavy atom. The molecule has 0 spiro atoms. The Morgan fingerprint density at radius 3 is 2.96 bits per heavy atom. The first kappa shape index (κ1) is 12.7. The van der Waals surface area contributed by atoms with Gasteiger partial charge in [0.2, 0.25) is 0 Å². The smallest absolute Gasteiger partial charge is 0.196 e. The molecule has 0 amide bonds. The van der Waals surface area contributed by atoms with Crippen molar-refractivity contribution in [1.82, 2.24) is 14.5 Å². The number of hydrogen-bond donors (Lipinski definition) is 0. The number of nitrogens with zero attached hydrogens (tertiary/aromatic N) is 4. The second-order valence-electron chi connectivity index (χ2n) is 5.97. The molecule has 0 unspecified atom stereocenters. The third kappa shape index (κ3) is 1.73. The van der Waals surface area contributed by atoms with Gasteiger partial charge < -0.3 is 13.9 Å². The Morgan fingerprint density at radius 1 is 1.09 bits per heavy atom. The first-order valence-corrected chi connectivity index (χ1v) is 7.87. The lowest BCUT2D eigenvalue weighted by Gasteiger charge is -2.35. The van der Waals surface area contributed by atoms with Crippen molar-refractivity contribution in [2.75, 3.05) is 11.4 Å². The van der Waals surface area contributed by atoms with Crippen LogP contribution in [0.4, 0.5) is 5.82 Å². The van der Waals surface area contributed by atoms with Crippen molar-refractivity contribution in [3.05, 3.63) is 54.6 Å². The summed E-state index contributed by atoms with van der Waals surface area (Å²) < 4.78 is 8.38. The minimum Gasteiger partial charge on any atom is -0.450 e. The molecule has 0 N–H and O–H groups in total. The minimum atomic E-state index is 0.255. The van der Waals surface area contributed by atoms with E-state index in [2.05, 4.69) is 44.7 Å². The summed E-state index contributed by atoms with van der Waals surface area (Å²) in [5.74, 6) is 0.881. The number of benzene rings is 1. The highest BCUT2D eigenvalue weighted by atomic mass is 16.3. The molecule has 0 bridgehead atoms. The molecule has 1 aliphatic heterocycles. The third-order valence-electron chi connectivity index (χ3n) is 4.75. The van der Waals surface area contributed by atoms with Gasteiger partial charge in [-0.2, -0.15) is 0 Å². The van der Waals surface area contributed by atoms with Crippen molar-refractivity contribution in [2.45, 2.75) is 19.5 Å². The average Bonchev–Trinajstić information content (AvgIpc) is 3.19. The van der Waals surface area contributed by atoms with Gasteiger partial charge in [-0.1, -0.05) is 12.1 Å². The molecule has 0 radical (unpaired) electrons. The van der Waals surface area contributed by atoms with Crippen LogP contribution < -0.4 is 4.90 Å². The van der Waals surface area contributed by atoms with E-state index in [1.807, 2.05) is 24.3 Å². The second-order valence-corrected chi connectivity index (χ2v) is 5.97. The molecule has 1 aliphatic rings. The van der Waals surface area contributed by atoms with Crippen molar-refractivity contribution < 1.29 is 4.42 Å². The molecule has 5 rings (SSSR count). The Balaban J connectivity index is 1.72. The SMILES string of the molecule is C[C@@H]1c2cccn2CCN1c1ncnc2c1oc1ccccc12. The lowest BCUT2D eigenvalue weighted by atomic mass is 10.1. The largest absolute Gasteiger partial charge is 0.450 e. The number of para-hydroxylation sites is 1. The maximum absolute atomic E-state index is 6.08. The average molecular weight is 304 g/mol. The van der Waals surface area contributed by atoms with Crippen molar-refractivity contribution in [2.24, 2.45) is 0 Å². The molecule has 1 aromatic carbocycles. The summed E-state index contributed by atoms with van der Waals surface area (Å²) in [7, 11) is 0. The predicted octanol–water partition coefficient (Wildman–Crippen LogP) is 3.76. The second kappa shape index (κ2) is 4.59. The highest BCUT2D eigenvalue weighted by molar-refractivity contribution is 6.05. The monoisotopic (exact) mass is 304 g/mol. The van der Waals surface area contributed by atoms with Crippen molar-refractivity contribution in [3.8, 4) is 0 Å². The number of hydrogen-bond acceptors (Lipinski definition) is 4. The fourth-order valence-electron chi connectivity index (χ4n) is 3.58. The third-order valence-corrected chi connectivity index (χ3v) is 4.75. The summed E-state index contributed by atoms with van der Waals surface area (Å²) in [5, 5.41) is 1.04. The molecule has 114 valence electrons. The van der Waals surface area contributed by atoms with Crippen molar-refractivity contribution >= 4 is 27.9 Å². The van der Waals surface area contributed by atoms with Gasteiger partial charge in [-0.15, -0.1) is 0 Å². The van der Waals surface area contributed by atoms with Gasteiger partial charge in [-0.3, -0.25) is 0 Å². The summed E-state index contributed by atoms with van der Waals surface area (Å²) in [6.07, 6.45) is 3.78. The predicted molar refractivity (Wildman–Crippen MR) is 89.5 cm³/mol. The van der Waals surface area contributed by atoms with Gasteiger partial charge in [0.05, 0.1) is 6.04 Å². The highest BCUT2D eigenvalue weighted by Crippen LogP contribution is 2.36. The molecule has 1 atom stereocenters. The highest BCUT2D eigenvalue weighted by Gasteiger charge is 2.27. The Kier molecular flexibility index (Phi) is 2.53. The van der Waals surface area contributed by atoms with E-state index in [1.54, 1.807) is 6.33 Å². The fourth-order valence-corrected chi connectivity index (χ4v) is 3.58. The zero-order valence-electron chi connectivity index (χ0n) is 12.8. The van der Waals surface area contributed by atoms with Crippen LogP contribution in [-0.4, -0.2) is 21.1 Å². The molecule has 23 heavy (non-hydrogen) atoms. The molecule has 0 saturated carbocycles. The van der Waals surface area contributed by atoms with Crippen LogP contribution in [0.5, 0.6) is 0 Å². The van der Waals surface area contributed by atoms with E-state index in [1.165, 1.54) is 5.69 Å². The summed E-state index contributed by atoms with van der Waals surface area (Å²) in [6, 6.07) is 12.5. The molecule has 3 aromatic heterocycles. The van der Waals surface area contributed by atoms with Gasteiger partial charge in [0.25, 0.3) is 0 Å². The summed E-state index contributed by atoms with van der Waals surface area (Å²) in [4.78, 5) is 11.3. The van der Waals surface area contributed by atoms with E-state index in [4.69, 9.17) is 4.42 Å². The Hall–Kier alpha value is -2.82. The van der Waals surface area contributed by atoms with E-state index in [9.17, 15) is 0 Å². The van der Waals surface area contributed by atoms with Crippen molar-refractivity contribution in [1.29, 1.82) is 0 Å². The maximum Gasteiger partial charge on any atom is 0.196 e. The molecule has 5 nitrogen and oxygen atoms in total. The minimum absolute atomic E-state index is 0.255. The van der Waals surface area contributed by atoms with E-state index in [-0.39, 0.29) is 6.04 Å². The van der Waals surface area contributed by atoms with Crippen molar-refractivity contribution in [3.63, 3.8) is 0 Å². The van der Waals surface area contributed by atoms with Gasteiger partial charge in [0, 0.05) is 30.4 Å². The molecular formula is C18H16N4O. The van der Waals surface area contributed by atoms with Gasteiger partial charge in [-0.25, -0.2) is 9.97 Å². The molecule has 0 aliphatic carbocycles. The van der Waals surface area contributed by atoms with Crippen LogP contribution in [0.2, 0.25) is 0 Å². The molecule has 0 saturated heterocycles. The van der Waals surface area contributed by atoms with Crippen LogP contribution in [0.1, 0.15) is 18.7 Å². The number of furan rings is 1. The molecule has 4 heterocycles. The van der Waals surface area contributed by atoms with Crippen LogP contribution in [0.15, 0.2) is 53.3 Å². The lowest BCUT2D eigenvalue weighted by molar-refractivity contribution is 0.504. The maximum atomic E-state index is 6.08. The molecule has 0 fully saturated rings. The number of anilines is 1. The summed E-state index contributed by atoms with van der Waals surface area (Å²) in [5.41, 5.74) is 3.83. The van der Waals surface area contributed by atoms with Crippen LogP contribution in [0.3, 0.4) is 0 Å². The Bertz CT molecular complexity index is 1020. The number of fused-ring (bicyclic) bond motifs is 4. The normalized spacial score (nSPS) is 17.8. The fraction of sp³-hybridized carbons (Fsp3) is 0.222. The topological polar surface area (TPSA) is 47.1 Å². The Labute approximate surface area is 133 Å². The number of aromatic nitrogens is 3. The number of rotatable bonds is 1. The zero-order valence-corrected chi connectivity index (χ0v) is 12.8. The molecule has 5 heteroatoms. The van der Waals surface area contributed by atoms with E-state index in [0.29, 0.717) is 0 Å². The van der Waals surface area contributed by atoms with E-state index < -0.39 is 0 Å². The summed E-state index contributed by atoms with van der Waals surface area (Å²) >= 11 is 0. The van der Waals surface area contributed by atoms with Crippen LogP contribution >= 0.6 is 0 Å². The summed E-state index contributed by atoms with van der Waals surface area (Å²) in [6.45, 7) is 4.08. The van der Waals surface area contributed by atoms with Gasteiger partial charge in [0.15, 0.2) is 11.4 Å². The lowest BCUT2D eigenvalue weighted by Crippen LogP contribution is -2.37. The first-order valence-electron chi connectivity index (χ1n) is 7.87. The molecular weight excluding hydrogens is 288 g/mol. The first-order chi connectivity index (χ1) is 11.3. The van der Waals surface area contributed by atoms with Crippen LogP contribution in [-0.2, 0) is 6.54 Å². The van der Waals surface area contributed by atoms with E-state index in [0.717, 1.165) is 41.0 Å². The van der Waals surface area contributed by atoms with Gasteiger partial charge in [-0.05, 0) is 31.2 Å². The molecule has 4 aromatic rings. The zero-order chi connectivity index (χ0) is 15.4.